The summed E-state index contributed by atoms with van der Waals surface area (Å²) in [6.45, 7) is 3.41. The molecule has 0 spiro atoms. The molecule has 0 aliphatic carbocycles. The molecule has 1 rings (SSSR count). The minimum Gasteiger partial charge on any atom is -0.461 e. The van der Waals surface area contributed by atoms with Gasteiger partial charge < -0.3 is 14.5 Å². The monoisotopic (exact) mass is 239 g/mol. The van der Waals surface area contributed by atoms with Crippen LogP contribution in [0.5, 0.6) is 0 Å². The Bertz CT molecular complexity index is 372. The number of amides is 1. The smallest absolute Gasteiger partial charge is 0.249 e. The highest BCUT2D eigenvalue weighted by molar-refractivity contribution is 5.94. The highest BCUT2D eigenvalue weighted by atomic mass is 16.5. The number of ether oxygens (including phenoxy) is 1. The molecule has 0 aromatic carbocycles. The molecule has 1 aromatic heterocycles. The summed E-state index contributed by atoms with van der Waals surface area (Å²) >= 11 is 0. The Kier molecular flexibility index (Phi) is 4.90. The van der Waals surface area contributed by atoms with E-state index < -0.39 is 6.10 Å². The van der Waals surface area contributed by atoms with Crippen LogP contribution in [0.25, 0.3) is 0 Å². The third-order valence-electron chi connectivity index (χ3n) is 2.40. The van der Waals surface area contributed by atoms with Crippen LogP contribution in [0.15, 0.2) is 22.8 Å². The number of furan rings is 1. The Labute approximate surface area is 100 Å². The van der Waals surface area contributed by atoms with Gasteiger partial charge in [0.2, 0.25) is 5.91 Å². The molecule has 94 valence electrons. The zero-order chi connectivity index (χ0) is 12.8. The van der Waals surface area contributed by atoms with Gasteiger partial charge in [0.15, 0.2) is 11.5 Å². The van der Waals surface area contributed by atoms with Gasteiger partial charge in [-0.25, -0.2) is 0 Å². The first-order valence-corrected chi connectivity index (χ1v) is 5.44. The quantitative estimate of drug-likeness (QED) is 0.762. The lowest BCUT2D eigenvalue weighted by Gasteiger charge is -2.15. The highest BCUT2D eigenvalue weighted by Gasteiger charge is 2.18. The SMILES string of the molecule is CO[C@@H](C)C(=O)N[C@H](C)CC(=O)c1ccco1. The Morgan fingerprint density at radius 1 is 1.47 bits per heavy atom. The van der Waals surface area contributed by atoms with Crippen molar-refractivity contribution in [2.75, 3.05) is 7.11 Å². The topological polar surface area (TPSA) is 68.5 Å². The second-order valence-corrected chi connectivity index (χ2v) is 3.89. The predicted molar refractivity (Wildman–Crippen MR) is 61.7 cm³/mol. The van der Waals surface area contributed by atoms with E-state index >= 15 is 0 Å². The number of hydrogen-bond acceptors (Lipinski definition) is 4. The fourth-order valence-corrected chi connectivity index (χ4v) is 1.33. The van der Waals surface area contributed by atoms with Crippen molar-refractivity contribution in [1.82, 2.24) is 5.32 Å². The van der Waals surface area contributed by atoms with E-state index in [0.717, 1.165) is 0 Å². The second-order valence-electron chi connectivity index (χ2n) is 3.89. The molecule has 1 heterocycles. The standard InChI is InChI=1S/C12H17NO4/c1-8(13-12(15)9(2)16-3)7-10(14)11-5-4-6-17-11/h4-6,8-9H,7H2,1-3H3,(H,13,15)/t8-,9+/m1/s1. The molecule has 5 nitrogen and oxygen atoms in total. The van der Waals surface area contributed by atoms with Crippen LogP contribution in [0.3, 0.4) is 0 Å². The summed E-state index contributed by atoms with van der Waals surface area (Å²) in [5.74, 6) is -0.0500. The van der Waals surface area contributed by atoms with Gasteiger partial charge in [0.25, 0.3) is 0 Å². The number of rotatable bonds is 6. The van der Waals surface area contributed by atoms with E-state index in [4.69, 9.17) is 9.15 Å². The first-order chi connectivity index (χ1) is 8.04. The highest BCUT2D eigenvalue weighted by Crippen LogP contribution is 2.06. The Morgan fingerprint density at radius 2 is 2.18 bits per heavy atom. The minimum absolute atomic E-state index is 0.132. The molecular formula is C12H17NO4. The molecule has 0 aliphatic heterocycles. The van der Waals surface area contributed by atoms with E-state index in [0.29, 0.717) is 5.76 Å². The zero-order valence-electron chi connectivity index (χ0n) is 10.2. The molecule has 2 atom stereocenters. The average Bonchev–Trinajstić information content (AvgIpc) is 2.80. The van der Waals surface area contributed by atoms with Gasteiger partial charge in [-0.05, 0) is 26.0 Å². The normalized spacial score (nSPS) is 14.1. The summed E-state index contributed by atoms with van der Waals surface area (Å²) < 4.78 is 9.86. The van der Waals surface area contributed by atoms with Gasteiger partial charge in [0.1, 0.15) is 6.10 Å². The summed E-state index contributed by atoms with van der Waals surface area (Å²) in [6, 6.07) is 3.01. The van der Waals surface area contributed by atoms with E-state index in [-0.39, 0.29) is 24.2 Å². The van der Waals surface area contributed by atoms with Gasteiger partial charge in [-0.15, -0.1) is 0 Å². The van der Waals surface area contributed by atoms with Crippen molar-refractivity contribution in [3.8, 4) is 0 Å². The van der Waals surface area contributed by atoms with Crippen LogP contribution >= 0.6 is 0 Å². The third kappa shape index (κ3) is 4.03. The molecule has 0 saturated carbocycles. The van der Waals surface area contributed by atoms with Crippen molar-refractivity contribution < 1.29 is 18.7 Å². The summed E-state index contributed by atoms with van der Waals surface area (Å²) in [5, 5.41) is 2.70. The van der Waals surface area contributed by atoms with Crippen molar-refractivity contribution in [2.24, 2.45) is 0 Å². The van der Waals surface area contributed by atoms with Gasteiger partial charge >= 0.3 is 0 Å². The van der Waals surface area contributed by atoms with Crippen LogP contribution in [0.4, 0.5) is 0 Å². The number of Topliss-reactive ketones (excluding diaryl/α,β-unsaturated/α-hetero) is 1. The number of carbonyl (C=O) groups excluding carboxylic acids is 2. The molecule has 1 aromatic rings. The van der Waals surface area contributed by atoms with Crippen molar-refractivity contribution in [3.05, 3.63) is 24.2 Å². The Morgan fingerprint density at radius 3 is 2.71 bits per heavy atom. The lowest BCUT2D eigenvalue weighted by Crippen LogP contribution is -2.40. The molecule has 1 amide bonds. The summed E-state index contributed by atoms with van der Waals surface area (Å²) in [4.78, 5) is 23.1. The first kappa shape index (κ1) is 13.4. The predicted octanol–water partition coefficient (Wildman–Crippen LogP) is 1.39. The van der Waals surface area contributed by atoms with E-state index in [2.05, 4.69) is 5.32 Å². The molecule has 0 saturated heterocycles. The van der Waals surface area contributed by atoms with Gasteiger partial charge in [0, 0.05) is 19.6 Å². The maximum Gasteiger partial charge on any atom is 0.249 e. The molecule has 0 radical (unpaired) electrons. The summed E-state index contributed by atoms with van der Waals surface area (Å²) in [6.07, 6.45) is 1.13. The molecule has 0 aliphatic rings. The molecule has 0 unspecified atom stereocenters. The molecule has 17 heavy (non-hydrogen) atoms. The van der Waals surface area contributed by atoms with Crippen LogP contribution < -0.4 is 5.32 Å². The molecular weight excluding hydrogens is 222 g/mol. The maximum atomic E-state index is 11.7. The number of ketones is 1. The summed E-state index contributed by atoms with van der Waals surface area (Å²) in [7, 11) is 1.46. The number of methoxy groups -OCH3 is 1. The van der Waals surface area contributed by atoms with Crippen LogP contribution in [0, 0.1) is 0 Å². The molecule has 0 fully saturated rings. The first-order valence-electron chi connectivity index (χ1n) is 5.44. The van der Waals surface area contributed by atoms with E-state index in [9.17, 15) is 9.59 Å². The van der Waals surface area contributed by atoms with Crippen molar-refractivity contribution >= 4 is 11.7 Å². The fourth-order valence-electron chi connectivity index (χ4n) is 1.33. The number of hydrogen-bond donors (Lipinski definition) is 1. The number of carbonyl (C=O) groups is 2. The van der Waals surface area contributed by atoms with Crippen LogP contribution in [0.1, 0.15) is 30.8 Å². The van der Waals surface area contributed by atoms with Crippen LogP contribution in [-0.4, -0.2) is 30.9 Å². The molecule has 0 bridgehead atoms. The molecule has 5 heteroatoms. The lowest BCUT2D eigenvalue weighted by atomic mass is 10.1. The average molecular weight is 239 g/mol. The van der Waals surface area contributed by atoms with Crippen molar-refractivity contribution in [3.63, 3.8) is 0 Å². The largest absolute Gasteiger partial charge is 0.461 e. The number of nitrogens with one attached hydrogen (secondary N) is 1. The van der Waals surface area contributed by atoms with Crippen molar-refractivity contribution in [1.29, 1.82) is 0 Å². The fraction of sp³-hybridized carbons (Fsp3) is 0.500. The zero-order valence-corrected chi connectivity index (χ0v) is 10.2. The van der Waals surface area contributed by atoms with E-state index in [1.54, 1.807) is 26.0 Å². The molecule has 1 N–H and O–H groups in total. The van der Waals surface area contributed by atoms with Crippen LogP contribution in [0.2, 0.25) is 0 Å². The third-order valence-corrected chi connectivity index (χ3v) is 2.40. The minimum atomic E-state index is -0.517. The summed E-state index contributed by atoms with van der Waals surface area (Å²) in [5.41, 5.74) is 0. The van der Waals surface area contributed by atoms with Crippen LogP contribution in [-0.2, 0) is 9.53 Å². The van der Waals surface area contributed by atoms with Gasteiger partial charge in [-0.2, -0.15) is 0 Å². The van der Waals surface area contributed by atoms with E-state index in [1.807, 2.05) is 0 Å². The lowest BCUT2D eigenvalue weighted by molar-refractivity contribution is -0.130. The Hall–Kier alpha value is -1.62. The van der Waals surface area contributed by atoms with E-state index in [1.165, 1.54) is 13.4 Å². The second kappa shape index (κ2) is 6.20. The van der Waals surface area contributed by atoms with Gasteiger partial charge in [-0.1, -0.05) is 0 Å². The van der Waals surface area contributed by atoms with Gasteiger partial charge in [-0.3, -0.25) is 9.59 Å². The Balaban J connectivity index is 2.42. The maximum absolute atomic E-state index is 11.7. The van der Waals surface area contributed by atoms with Gasteiger partial charge in [0.05, 0.1) is 6.26 Å². The van der Waals surface area contributed by atoms with Crippen molar-refractivity contribution in [2.45, 2.75) is 32.4 Å².